The zero-order chi connectivity index (χ0) is 14.8. The fourth-order valence-corrected chi connectivity index (χ4v) is 3.04. The minimum absolute atomic E-state index is 0.0622. The highest BCUT2D eigenvalue weighted by molar-refractivity contribution is 9.10. The summed E-state index contributed by atoms with van der Waals surface area (Å²) >= 11 is 3.47. The molecule has 0 aromatic heterocycles. The Labute approximate surface area is 132 Å². The fourth-order valence-electron chi connectivity index (χ4n) is 2.67. The predicted molar refractivity (Wildman–Crippen MR) is 88.7 cm³/mol. The van der Waals surface area contributed by atoms with Gasteiger partial charge in [-0.1, -0.05) is 34.1 Å². The van der Waals surface area contributed by atoms with Crippen LogP contribution in [0.4, 0.5) is 5.69 Å². The van der Waals surface area contributed by atoms with E-state index < -0.39 is 0 Å². The van der Waals surface area contributed by atoms with Crippen LogP contribution in [0.25, 0.3) is 0 Å². The molecule has 21 heavy (non-hydrogen) atoms. The van der Waals surface area contributed by atoms with E-state index in [2.05, 4.69) is 32.6 Å². The average molecular weight is 345 g/mol. The van der Waals surface area contributed by atoms with Gasteiger partial charge < -0.3 is 10.6 Å². The van der Waals surface area contributed by atoms with Crippen molar-refractivity contribution in [2.24, 2.45) is 0 Å². The SMILES string of the molecule is Cc1c(Br)cccc1C(=O)Nc1cccc2c1CNCC2. The summed E-state index contributed by atoms with van der Waals surface area (Å²) in [6, 6.07) is 11.8. The van der Waals surface area contributed by atoms with Gasteiger partial charge in [-0.3, -0.25) is 4.79 Å². The van der Waals surface area contributed by atoms with Crippen molar-refractivity contribution in [3.05, 3.63) is 63.1 Å². The summed E-state index contributed by atoms with van der Waals surface area (Å²) in [5, 5.41) is 6.41. The van der Waals surface area contributed by atoms with Crippen molar-refractivity contribution in [3.8, 4) is 0 Å². The van der Waals surface area contributed by atoms with Gasteiger partial charge in [0, 0.05) is 22.3 Å². The van der Waals surface area contributed by atoms with Gasteiger partial charge in [-0.25, -0.2) is 0 Å². The van der Waals surface area contributed by atoms with Crippen molar-refractivity contribution in [1.29, 1.82) is 0 Å². The lowest BCUT2D eigenvalue weighted by atomic mass is 9.99. The Morgan fingerprint density at radius 2 is 2.05 bits per heavy atom. The Balaban J connectivity index is 1.90. The molecular formula is C17H17BrN2O. The summed E-state index contributed by atoms with van der Waals surface area (Å²) in [5.74, 6) is -0.0622. The maximum atomic E-state index is 12.5. The Kier molecular flexibility index (Phi) is 4.08. The zero-order valence-corrected chi connectivity index (χ0v) is 13.5. The molecule has 0 aliphatic carbocycles. The lowest BCUT2D eigenvalue weighted by Gasteiger charge is -2.21. The van der Waals surface area contributed by atoms with E-state index in [-0.39, 0.29) is 5.91 Å². The topological polar surface area (TPSA) is 41.1 Å². The van der Waals surface area contributed by atoms with Crippen LogP contribution in [0.15, 0.2) is 40.9 Å². The molecule has 2 N–H and O–H groups in total. The molecule has 0 unspecified atom stereocenters. The van der Waals surface area contributed by atoms with Gasteiger partial charge >= 0.3 is 0 Å². The molecule has 0 saturated heterocycles. The highest BCUT2D eigenvalue weighted by Gasteiger charge is 2.16. The first-order valence-electron chi connectivity index (χ1n) is 7.05. The number of halogens is 1. The molecule has 3 rings (SSSR count). The Hall–Kier alpha value is -1.65. The van der Waals surface area contributed by atoms with E-state index >= 15 is 0 Å². The quantitative estimate of drug-likeness (QED) is 0.872. The van der Waals surface area contributed by atoms with Gasteiger partial charge in [0.25, 0.3) is 5.91 Å². The number of rotatable bonds is 2. The minimum Gasteiger partial charge on any atom is -0.322 e. The number of carbonyl (C=O) groups excluding carboxylic acids is 1. The van der Waals surface area contributed by atoms with Crippen LogP contribution in [0.1, 0.15) is 27.0 Å². The third-order valence-corrected chi connectivity index (χ3v) is 4.77. The molecule has 108 valence electrons. The zero-order valence-electron chi connectivity index (χ0n) is 11.9. The fraction of sp³-hybridized carbons (Fsp3) is 0.235. The number of carbonyl (C=O) groups is 1. The summed E-state index contributed by atoms with van der Waals surface area (Å²) in [7, 11) is 0. The van der Waals surface area contributed by atoms with Crippen LogP contribution in [-0.4, -0.2) is 12.5 Å². The minimum atomic E-state index is -0.0622. The molecule has 2 aromatic rings. The highest BCUT2D eigenvalue weighted by atomic mass is 79.9. The molecular weight excluding hydrogens is 328 g/mol. The molecule has 1 aliphatic rings. The van der Waals surface area contributed by atoms with E-state index in [1.165, 1.54) is 11.1 Å². The van der Waals surface area contributed by atoms with Crippen molar-refractivity contribution in [3.63, 3.8) is 0 Å². The molecule has 0 radical (unpaired) electrons. The molecule has 0 bridgehead atoms. The molecule has 0 atom stereocenters. The smallest absolute Gasteiger partial charge is 0.255 e. The number of benzene rings is 2. The second-order valence-electron chi connectivity index (χ2n) is 5.24. The van der Waals surface area contributed by atoms with E-state index in [9.17, 15) is 4.79 Å². The third-order valence-electron chi connectivity index (χ3n) is 3.91. The molecule has 1 aliphatic heterocycles. The molecule has 0 saturated carbocycles. The van der Waals surface area contributed by atoms with Crippen LogP contribution in [-0.2, 0) is 13.0 Å². The van der Waals surface area contributed by atoms with Crippen LogP contribution >= 0.6 is 15.9 Å². The van der Waals surface area contributed by atoms with Gasteiger partial charge in [0.15, 0.2) is 0 Å². The van der Waals surface area contributed by atoms with E-state index in [0.29, 0.717) is 5.56 Å². The standard InChI is InChI=1S/C17H17BrN2O/c1-11-13(5-3-6-15(11)18)17(21)20-16-7-2-4-12-8-9-19-10-14(12)16/h2-7,19H,8-10H2,1H3,(H,20,21). The van der Waals surface area contributed by atoms with Crippen molar-refractivity contribution in [1.82, 2.24) is 5.32 Å². The lowest BCUT2D eigenvalue weighted by Crippen LogP contribution is -2.25. The van der Waals surface area contributed by atoms with E-state index in [0.717, 1.165) is 35.2 Å². The van der Waals surface area contributed by atoms with Crippen molar-refractivity contribution >= 4 is 27.5 Å². The first-order chi connectivity index (χ1) is 10.2. The van der Waals surface area contributed by atoms with Gasteiger partial charge in [-0.15, -0.1) is 0 Å². The Bertz CT molecular complexity index is 697. The summed E-state index contributed by atoms with van der Waals surface area (Å²) in [5.41, 5.74) is 5.08. The van der Waals surface area contributed by atoms with Crippen LogP contribution in [0, 0.1) is 6.92 Å². The van der Waals surface area contributed by atoms with Crippen molar-refractivity contribution in [2.75, 3.05) is 11.9 Å². The first-order valence-corrected chi connectivity index (χ1v) is 7.84. The number of anilines is 1. The van der Waals surface area contributed by atoms with Crippen LogP contribution in [0.2, 0.25) is 0 Å². The van der Waals surface area contributed by atoms with Gasteiger partial charge in [0.1, 0.15) is 0 Å². The van der Waals surface area contributed by atoms with Crippen LogP contribution in [0.3, 0.4) is 0 Å². The van der Waals surface area contributed by atoms with Gasteiger partial charge in [-0.2, -0.15) is 0 Å². The van der Waals surface area contributed by atoms with Crippen molar-refractivity contribution < 1.29 is 4.79 Å². The number of nitrogens with one attached hydrogen (secondary N) is 2. The summed E-state index contributed by atoms with van der Waals surface area (Å²) < 4.78 is 0.951. The number of fused-ring (bicyclic) bond motifs is 1. The Morgan fingerprint density at radius 3 is 2.90 bits per heavy atom. The molecule has 2 aromatic carbocycles. The summed E-state index contributed by atoms with van der Waals surface area (Å²) in [6.07, 6.45) is 1.01. The van der Waals surface area contributed by atoms with E-state index in [4.69, 9.17) is 0 Å². The summed E-state index contributed by atoms with van der Waals surface area (Å²) in [4.78, 5) is 12.5. The third kappa shape index (κ3) is 2.87. The second-order valence-corrected chi connectivity index (χ2v) is 6.09. The number of hydrogen-bond acceptors (Lipinski definition) is 2. The number of amides is 1. The lowest BCUT2D eigenvalue weighted by molar-refractivity contribution is 0.102. The molecule has 0 fully saturated rings. The molecule has 0 spiro atoms. The van der Waals surface area contributed by atoms with Crippen molar-refractivity contribution in [2.45, 2.75) is 19.9 Å². The normalized spacial score (nSPS) is 13.6. The van der Waals surface area contributed by atoms with Crippen LogP contribution < -0.4 is 10.6 Å². The molecule has 3 nitrogen and oxygen atoms in total. The Morgan fingerprint density at radius 1 is 1.24 bits per heavy atom. The first kappa shape index (κ1) is 14.3. The second kappa shape index (κ2) is 6.00. The maximum absolute atomic E-state index is 12.5. The molecule has 4 heteroatoms. The van der Waals surface area contributed by atoms with Crippen LogP contribution in [0.5, 0.6) is 0 Å². The van der Waals surface area contributed by atoms with Gasteiger partial charge in [0.2, 0.25) is 0 Å². The highest BCUT2D eigenvalue weighted by Crippen LogP contribution is 2.25. The molecule has 1 amide bonds. The van der Waals surface area contributed by atoms with E-state index in [1.807, 2.05) is 37.3 Å². The largest absolute Gasteiger partial charge is 0.322 e. The maximum Gasteiger partial charge on any atom is 0.255 e. The monoisotopic (exact) mass is 344 g/mol. The van der Waals surface area contributed by atoms with Gasteiger partial charge in [-0.05, 0) is 54.8 Å². The molecule has 1 heterocycles. The average Bonchev–Trinajstić information content (AvgIpc) is 2.50. The summed E-state index contributed by atoms with van der Waals surface area (Å²) in [6.45, 7) is 3.75. The van der Waals surface area contributed by atoms with E-state index in [1.54, 1.807) is 0 Å². The number of hydrogen-bond donors (Lipinski definition) is 2. The predicted octanol–water partition coefficient (Wildman–Crippen LogP) is 3.66. The van der Waals surface area contributed by atoms with Gasteiger partial charge in [0.05, 0.1) is 0 Å².